The van der Waals surface area contributed by atoms with Gasteiger partial charge >= 0.3 is 11.9 Å². The minimum absolute atomic E-state index is 0.0700. The highest BCUT2D eigenvalue weighted by Crippen LogP contribution is 2.13. The monoisotopic (exact) mass is 675 g/mol. The number of carbonyl (C=O) groups excluding carboxylic acids is 2. The first-order chi connectivity index (χ1) is 23.6. The minimum Gasteiger partial charge on any atom is -0.462 e. The molecule has 0 radical (unpaired) electrons. The van der Waals surface area contributed by atoms with E-state index >= 15 is 0 Å². The Morgan fingerprint density at radius 2 is 0.833 bits per heavy atom. The third-order valence-electron chi connectivity index (χ3n) is 8.91. The van der Waals surface area contributed by atoms with Gasteiger partial charge in [0.1, 0.15) is 6.61 Å². The van der Waals surface area contributed by atoms with Gasteiger partial charge in [-0.15, -0.1) is 0 Å². The number of carbonyl (C=O) groups is 2. The topological polar surface area (TPSA) is 72.8 Å². The average Bonchev–Trinajstić information content (AvgIpc) is 3.09. The summed E-state index contributed by atoms with van der Waals surface area (Å²) in [4.78, 5) is 24.3. The van der Waals surface area contributed by atoms with Crippen molar-refractivity contribution in [1.29, 1.82) is 0 Å². The van der Waals surface area contributed by atoms with Crippen LogP contribution in [0.3, 0.4) is 0 Å². The third kappa shape index (κ3) is 36.9. The van der Waals surface area contributed by atoms with Crippen LogP contribution in [0.4, 0.5) is 0 Å². The van der Waals surface area contributed by atoms with Crippen molar-refractivity contribution in [1.82, 2.24) is 0 Å². The van der Waals surface area contributed by atoms with Crippen LogP contribution in [0.2, 0.25) is 0 Å². The van der Waals surface area contributed by atoms with Crippen LogP contribution in [0, 0.1) is 0 Å². The van der Waals surface area contributed by atoms with Gasteiger partial charge in [-0.1, -0.05) is 159 Å². The predicted molar refractivity (Wildman–Crippen MR) is 205 cm³/mol. The van der Waals surface area contributed by atoms with E-state index in [1.807, 2.05) is 0 Å². The second-order valence-corrected chi connectivity index (χ2v) is 13.7. The Morgan fingerprint density at radius 3 is 1.29 bits per heavy atom. The van der Waals surface area contributed by atoms with Crippen LogP contribution in [-0.4, -0.2) is 36.4 Å². The highest BCUT2D eigenvalue weighted by molar-refractivity contribution is 5.70. The van der Waals surface area contributed by atoms with Crippen molar-refractivity contribution >= 4 is 11.9 Å². The standard InChI is InChI=1S/C43H78O5/c1-3-5-7-9-11-13-15-17-19-21-23-25-27-29-31-33-35-37-42(45)47-40-41(39-44)48-43(46)38-36-34-32-30-28-26-24-22-20-18-16-14-12-10-8-6-4-2/h12,14,17-20,41,44H,3-11,13,15-16,21-40H2,1-2H3/t41-/m0/s1. The maximum absolute atomic E-state index is 12.2. The smallest absolute Gasteiger partial charge is 0.306 e. The molecule has 0 aliphatic rings. The van der Waals surface area contributed by atoms with Gasteiger partial charge in [-0.05, 0) is 70.6 Å². The lowest BCUT2D eigenvalue weighted by atomic mass is 10.1. The van der Waals surface area contributed by atoms with Crippen LogP contribution < -0.4 is 0 Å². The lowest BCUT2D eigenvalue weighted by Crippen LogP contribution is -2.28. The molecule has 0 spiro atoms. The van der Waals surface area contributed by atoms with Gasteiger partial charge in [-0.3, -0.25) is 9.59 Å². The van der Waals surface area contributed by atoms with Crippen LogP contribution >= 0.6 is 0 Å². The number of rotatable bonds is 37. The van der Waals surface area contributed by atoms with E-state index in [9.17, 15) is 14.7 Å². The number of aliphatic hydroxyl groups is 1. The zero-order valence-corrected chi connectivity index (χ0v) is 31.7. The number of unbranched alkanes of at least 4 members (excludes halogenated alkanes) is 23. The lowest BCUT2D eigenvalue weighted by molar-refractivity contribution is -0.161. The van der Waals surface area contributed by atoms with E-state index in [2.05, 4.69) is 50.3 Å². The van der Waals surface area contributed by atoms with Gasteiger partial charge in [-0.25, -0.2) is 0 Å². The Bertz CT molecular complexity index is 771. The van der Waals surface area contributed by atoms with Crippen LogP contribution in [0.25, 0.3) is 0 Å². The average molecular weight is 675 g/mol. The van der Waals surface area contributed by atoms with Crippen LogP contribution in [0.15, 0.2) is 36.5 Å². The van der Waals surface area contributed by atoms with E-state index in [0.29, 0.717) is 12.8 Å². The molecule has 5 nitrogen and oxygen atoms in total. The first kappa shape index (κ1) is 46.1. The summed E-state index contributed by atoms with van der Waals surface area (Å²) in [5.41, 5.74) is 0. The second-order valence-electron chi connectivity index (χ2n) is 13.7. The molecule has 0 saturated carbocycles. The van der Waals surface area contributed by atoms with Crippen molar-refractivity contribution in [2.75, 3.05) is 13.2 Å². The zero-order chi connectivity index (χ0) is 35.0. The second kappa shape index (κ2) is 39.6. The van der Waals surface area contributed by atoms with E-state index < -0.39 is 6.10 Å². The molecule has 0 bridgehead atoms. The van der Waals surface area contributed by atoms with Crippen molar-refractivity contribution in [2.45, 2.75) is 213 Å². The fraction of sp³-hybridized carbons (Fsp3) is 0.814. The molecule has 0 unspecified atom stereocenters. The van der Waals surface area contributed by atoms with Gasteiger partial charge in [0.05, 0.1) is 6.61 Å². The SMILES string of the molecule is CCCCCC=CCC=CCCCCCCCCCC(=O)O[C@@H](CO)COC(=O)CCCCCCCCCC=CCCCCCCCC. The van der Waals surface area contributed by atoms with Crippen LogP contribution in [0.5, 0.6) is 0 Å². The van der Waals surface area contributed by atoms with Gasteiger partial charge in [0, 0.05) is 12.8 Å². The molecule has 0 fully saturated rings. The van der Waals surface area contributed by atoms with E-state index in [0.717, 1.165) is 51.4 Å². The van der Waals surface area contributed by atoms with Crippen molar-refractivity contribution < 1.29 is 24.2 Å². The Labute approximate surface area is 297 Å². The number of allylic oxidation sites excluding steroid dienone is 6. The molecule has 0 amide bonds. The number of hydrogen-bond acceptors (Lipinski definition) is 5. The van der Waals surface area contributed by atoms with Gasteiger partial charge in [0.15, 0.2) is 6.10 Å². The molecule has 0 aromatic heterocycles. The predicted octanol–water partition coefficient (Wildman–Crippen LogP) is 12.8. The highest BCUT2D eigenvalue weighted by atomic mass is 16.6. The molecular weight excluding hydrogens is 596 g/mol. The normalized spacial score (nSPS) is 12.5. The molecule has 0 heterocycles. The van der Waals surface area contributed by atoms with Crippen LogP contribution in [0.1, 0.15) is 206 Å². The Morgan fingerprint density at radius 1 is 0.479 bits per heavy atom. The number of aliphatic hydroxyl groups excluding tert-OH is 1. The molecule has 0 aromatic rings. The third-order valence-corrected chi connectivity index (χ3v) is 8.91. The van der Waals surface area contributed by atoms with Gasteiger partial charge in [0.25, 0.3) is 0 Å². The van der Waals surface area contributed by atoms with Crippen molar-refractivity contribution in [3.05, 3.63) is 36.5 Å². The summed E-state index contributed by atoms with van der Waals surface area (Å²) in [6, 6.07) is 0. The van der Waals surface area contributed by atoms with Gasteiger partial charge in [-0.2, -0.15) is 0 Å². The summed E-state index contributed by atoms with van der Waals surface area (Å²) in [5, 5.41) is 9.56. The Balaban J connectivity index is 3.56. The molecule has 0 aliphatic carbocycles. The summed E-state index contributed by atoms with van der Waals surface area (Å²) < 4.78 is 10.6. The first-order valence-corrected chi connectivity index (χ1v) is 20.5. The van der Waals surface area contributed by atoms with Gasteiger partial charge in [0.2, 0.25) is 0 Å². The largest absolute Gasteiger partial charge is 0.462 e. The molecule has 1 atom stereocenters. The molecule has 0 saturated heterocycles. The van der Waals surface area contributed by atoms with E-state index in [1.54, 1.807) is 0 Å². The number of ether oxygens (including phenoxy) is 2. The summed E-state index contributed by atoms with van der Waals surface area (Å²) >= 11 is 0. The molecule has 280 valence electrons. The van der Waals surface area contributed by atoms with Crippen LogP contribution in [-0.2, 0) is 19.1 Å². The molecule has 0 rings (SSSR count). The van der Waals surface area contributed by atoms with Crippen molar-refractivity contribution in [2.24, 2.45) is 0 Å². The lowest BCUT2D eigenvalue weighted by Gasteiger charge is -2.15. The zero-order valence-electron chi connectivity index (χ0n) is 31.7. The summed E-state index contributed by atoms with van der Waals surface area (Å²) in [7, 11) is 0. The fourth-order valence-corrected chi connectivity index (χ4v) is 5.75. The summed E-state index contributed by atoms with van der Waals surface area (Å²) in [5.74, 6) is -0.601. The number of esters is 2. The maximum atomic E-state index is 12.2. The van der Waals surface area contributed by atoms with E-state index in [-0.39, 0.29) is 25.2 Å². The molecule has 1 N–H and O–H groups in total. The fourth-order valence-electron chi connectivity index (χ4n) is 5.75. The van der Waals surface area contributed by atoms with Crippen molar-refractivity contribution in [3.8, 4) is 0 Å². The number of hydrogen-bond donors (Lipinski definition) is 1. The molecule has 5 heteroatoms. The molecule has 48 heavy (non-hydrogen) atoms. The Kier molecular flexibility index (Phi) is 38.0. The first-order valence-electron chi connectivity index (χ1n) is 20.5. The highest BCUT2D eigenvalue weighted by Gasteiger charge is 2.16. The molecule has 0 aliphatic heterocycles. The molecular formula is C43H78O5. The quantitative estimate of drug-likeness (QED) is 0.0403. The van der Waals surface area contributed by atoms with Gasteiger partial charge < -0.3 is 14.6 Å². The van der Waals surface area contributed by atoms with Crippen molar-refractivity contribution in [3.63, 3.8) is 0 Å². The van der Waals surface area contributed by atoms with E-state index in [4.69, 9.17) is 9.47 Å². The minimum atomic E-state index is -0.775. The molecule has 0 aromatic carbocycles. The summed E-state index contributed by atoms with van der Waals surface area (Å²) in [6.07, 6.45) is 47.7. The Hall–Kier alpha value is -1.88. The van der Waals surface area contributed by atoms with E-state index in [1.165, 1.54) is 128 Å². The summed E-state index contributed by atoms with van der Waals surface area (Å²) in [6.45, 7) is 4.10. The maximum Gasteiger partial charge on any atom is 0.306 e.